The molecule has 0 aliphatic heterocycles. The zero-order chi connectivity index (χ0) is 32.6. The number of rotatable bonds is 6. The maximum atomic E-state index is 5.00. The average Bonchev–Trinajstić information content (AvgIpc) is 3.65. The molecule has 230 valence electrons. The van der Waals surface area contributed by atoms with Gasteiger partial charge in [-0.3, -0.25) is 0 Å². The van der Waals surface area contributed by atoms with Crippen molar-refractivity contribution in [2.24, 2.45) is 0 Å². The first-order valence-corrected chi connectivity index (χ1v) is 16.1. The molecule has 0 spiro atoms. The lowest BCUT2D eigenvalue weighted by molar-refractivity contribution is 0.949. The zero-order valence-electron chi connectivity index (χ0n) is 26.2. The first-order valence-electron chi connectivity index (χ1n) is 16.1. The summed E-state index contributed by atoms with van der Waals surface area (Å²) in [4.78, 5) is 24.5. The smallest absolute Gasteiger partial charge is 0.182 e. The second-order valence-corrected chi connectivity index (χ2v) is 11.7. The van der Waals surface area contributed by atoms with Crippen LogP contribution in [-0.4, -0.2) is 34.5 Å². The fraction of sp³-hybridized carbons (Fsp3) is 0. The lowest BCUT2D eigenvalue weighted by Crippen LogP contribution is -2.00. The lowest BCUT2D eigenvalue weighted by atomic mass is 10.0. The highest BCUT2D eigenvalue weighted by atomic mass is 15.3. The number of para-hydroxylation sites is 1. The Kier molecular flexibility index (Phi) is 6.98. The topological polar surface area (TPSA) is 81.8 Å². The molecule has 0 amide bonds. The van der Waals surface area contributed by atoms with Gasteiger partial charge in [0.2, 0.25) is 0 Å². The molecule has 0 saturated carbocycles. The minimum atomic E-state index is 0.629. The van der Waals surface area contributed by atoms with Gasteiger partial charge in [-0.2, -0.15) is 4.52 Å². The molecule has 0 saturated heterocycles. The fourth-order valence-corrected chi connectivity index (χ4v) is 6.01. The van der Waals surface area contributed by atoms with Gasteiger partial charge in [-0.05, 0) is 23.3 Å². The number of fused-ring (bicyclic) bond motifs is 3. The van der Waals surface area contributed by atoms with Crippen LogP contribution in [0.25, 0.3) is 84.6 Å². The lowest BCUT2D eigenvalue weighted by Gasteiger charge is -2.09. The molecule has 9 aromatic rings. The average molecular weight is 630 g/mol. The molecule has 49 heavy (non-hydrogen) atoms. The Morgan fingerprint density at radius 1 is 0.306 bits per heavy atom. The van der Waals surface area contributed by atoms with Gasteiger partial charge in [0, 0.05) is 33.2 Å². The molecule has 0 unspecified atom stereocenters. The monoisotopic (exact) mass is 629 g/mol. The Balaban J connectivity index is 1.05. The van der Waals surface area contributed by atoms with Crippen molar-refractivity contribution >= 4 is 16.6 Å². The van der Waals surface area contributed by atoms with E-state index < -0.39 is 0 Å². The number of nitrogens with zero attached hydrogens (tertiary/aromatic N) is 7. The summed E-state index contributed by atoms with van der Waals surface area (Å²) in [5, 5.41) is 5.90. The molecule has 0 N–H and O–H groups in total. The van der Waals surface area contributed by atoms with Gasteiger partial charge in [-0.1, -0.05) is 152 Å². The fourth-order valence-electron chi connectivity index (χ4n) is 6.01. The first kappa shape index (κ1) is 28.4. The van der Waals surface area contributed by atoms with Gasteiger partial charge in [-0.15, -0.1) is 5.10 Å². The van der Waals surface area contributed by atoms with Crippen molar-refractivity contribution in [3.05, 3.63) is 164 Å². The van der Waals surface area contributed by atoms with Crippen molar-refractivity contribution in [2.75, 3.05) is 0 Å². The molecule has 6 aromatic carbocycles. The van der Waals surface area contributed by atoms with Crippen molar-refractivity contribution in [2.45, 2.75) is 0 Å². The van der Waals surface area contributed by atoms with Crippen molar-refractivity contribution in [3.8, 4) is 68.1 Å². The minimum absolute atomic E-state index is 0.629. The van der Waals surface area contributed by atoms with Gasteiger partial charge in [0.25, 0.3) is 0 Å². The molecule has 3 aromatic heterocycles. The normalized spacial score (nSPS) is 11.3. The zero-order valence-corrected chi connectivity index (χ0v) is 26.2. The summed E-state index contributed by atoms with van der Waals surface area (Å²) in [7, 11) is 0. The molecule has 0 aliphatic carbocycles. The van der Waals surface area contributed by atoms with E-state index in [-0.39, 0.29) is 0 Å². The van der Waals surface area contributed by atoms with Gasteiger partial charge in [0.1, 0.15) is 0 Å². The molecule has 7 heteroatoms. The van der Waals surface area contributed by atoms with Gasteiger partial charge in [0.15, 0.2) is 34.8 Å². The van der Waals surface area contributed by atoms with Crippen LogP contribution in [0.3, 0.4) is 0 Å². The maximum Gasteiger partial charge on any atom is 0.182 e. The summed E-state index contributed by atoms with van der Waals surface area (Å²) >= 11 is 0. The van der Waals surface area contributed by atoms with E-state index in [0.29, 0.717) is 23.3 Å². The van der Waals surface area contributed by atoms with Gasteiger partial charge in [0.05, 0.1) is 5.52 Å². The number of aromatic nitrogens is 7. The standard InChI is InChI=1S/C42H27N7/c1-4-12-30(13-5-1)37-44-38(31-14-6-2-7-15-31)46-39(45-37)32-24-20-28(21-25-32)29-22-26-33(27-23-29)40-47-42-35-18-10-11-19-36(35)43-41(49(42)48-40)34-16-8-3-9-17-34/h1-27H. The minimum Gasteiger partial charge on any atom is -0.228 e. The van der Waals surface area contributed by atoms with Gasteiger partial charge in [-0.25, -0.2) is 24.9 Å². The Morgan fingerprint density at radius 3 is 1.24 bits per heavy atom. The van der Waals surface area contributed by atoms with E-state index in [2.05, 4.69) is 48.5 Å². The van der Waals surface area contributed by atoms with Crippen LogP contribution in [0.2, 0.25) is 0 Å². The highest BCUT2D eigenvalue weighted by Gasteiger charge is 2.16. The Bertz CT molecular complexity index is 2510. The highest BCUT2D eigenvalue weighted by molar-refractivity contribution is 5.93. The number of hydrogen-bond acceptors (Lipinski definition) is 6. The Morgan fingerprint density at radius 2 is 0.714 bits per heavy atom. The van der Waals surface area contributed by atoms with Crippen molar-refractivity contribution < 1.29 is 0 Å². The summed E-state index contributed by atoms with van der Waals surface area (Å²) in [6.07, 6.45) is 0. The third-order valence-corrected chi connectivity index (χ3v) is 8.53. The molecular weight excluding hydrogens is 603 g/mol. The van der Waals surface area contributed by atoms with E-state index in [1.165, 1.54) is 0 Å². The molecule has 0 fully saturated rings. The third-order valence-electron chi connectivity index (χ3n) is 8.53. The third kappa shape index (κ3) is 5.39. The van der Waals surface area contributed by atoms with E-state index >= 15 is 0 Å². The van der Waals surface area contributed by atoms with Crippen LogP contribution in [0.5, 0.6) is 0 Å². The van der Waals surface area contributed by atoms with Gasteiger partial charge >= 0.3 is 0 Å². The van der Waals surface area contributed by atoms with E-state index in [0.717, 1.165) is 61.3 Å². The molecular formula is C42H27N7. The molecule has 9 rings (SSSR count). The second kappa shape index (κ2) is 12.1. The van der Waals surface area contributed by atoms with Crippen LogP contribution in [0.4, 0.5) is 0 Å². The van der Waals surface area contributed by atoms with E-state index in [1.807, 2.05) is 120 Å². The predicted molar refractivity (Wildman–Crippen MR) is 194 cm³/mol. The SMILES string of the molecule is c1ccc(-c2nc(-c3ccccc3)nc(-c3ccc(-c4ccc(-c5nc6c7ccccc7nc(-c7ccccc7)n6n5)cc4)cc3)n2)cc1. The summed E-state index contributed by atoms with van der Waals surface area (Å²) < 4.78 is 1.85. The summed E-state index contributed by atoms with van der Waals surface area (Å²) in [5.74, 6) is 3.32. The van der Waals surface area contributed by atoms with Crippen LogP contribution in [0, 0.1) is 0 Å². The summed E-state index contributed by atoms with van der Waals surface area (Å²) in [6.45, 7) is 0. The first-order chi connectivity index (χ1) is 24.3. The van der Waals surface area contributed by atoms with Crippen LogP contribution in [0.1, 0.15) is 0 Å². The van der Waals surface area contributed by atoms with E-state index in [1.54, 1.807) is 0 Å². The van der Waals surface area contributed by atoms with Crippen molar-refractivity contribution in [1.29, 1.82) is 0 Å². The molecule has 7 nitrogen and oxygen atoms in total. The number of hydrogen-bond donors (Lipinski definition) is 0. The summed E-state index contributed by atoms with van der Waals surface area (Å²) in [5.41, 5.74) is 8.56. The Hall–Kier alpha value is -6.86. The van der Waals surface area contributed by atoms with Crippen LogP contribution < -0.4 is 0 Å². The highest BCUT2D eigenvalue weighted by Crippen LogP contribution is 2.30. The second-order valence-electron chi connectivity index (χ2n) is 11.7. The van der Waals surface area contributed by atoms with Gasteiger partial charge < -0.3 is 0 Å². The van der Waals surface area contributed by atoms with Crippen molar-refractivity contribution in [1.82, 2.24) is 34.5 Å². The van der Waals surface area contributed by atoms with Crippen LogP contribution >= 0.6 is 0 Å². The molecule has 0 atom stereocenters. The summed E-state index contributed by atoms with van der Waals surface area (Å²) in [6, 6.07) is 54.9. The predicted octanol–water partition coefficient (Wildman–Crippen LogP) is 9.46. The van der Waals surface area contributed by atoms with Crippen LogP contribution in [-0.2, 0) is 0 Å². The Labute approximate surface area is 282 Å². The molecule has 0 radical (unpaired) electrons. The quantitative estimate of drug-likeness (QED) is 0.182. The number of benzene rings is 6. The molecule has 3 heterocycles. The van der Waals surface area contributed by atoms with Crippen LogP contribution in [0.15, 0.2) is 164 Å². The molecule has 0 bridgehead atoms. The molecule has 0 aliphatic rings. The van der Waals surface area contributed by atoms with E-state index in [9.17, 15) is 0 Å². The maximum absolute atomic E-state index is 5.00. The largest absolute Gasteiger partial charge is 0.228 e. The van der Waals surface area contributed by atoms with E-state index in [4.69, 9.17) is 30.0 Å². The van der Waals surface area contributed by atoms with Crippen molar-refractivity contribution in [3.63, 3.8) is 0 Å².